The lowest BCUT2D eigenvalue weighted by atomic mass is 10.1. The fourth-order valence-electron chi connectivity index (χ4n) is 3.40. The van der Waals surface area contributed by atoms with Crippen LogP contribution in [-0.2, 0) is 18.3 Å². The zero-order valence-electron chi connectivity index (χ0n) is 17.1. The number of ether oxygens (including phenoxy) is 2. The van der Waals surface area contributed by atoms with E-state index in [1.54, 1.807) is 32.0 Å². The maximum atomic E-state index is 13.3. The van der Waals surface area contributed by atoms with Crippen LogP contribution in [0.1, 0.15) is 25.0 Å². The van der Waals surface area contributed by atoms with Gasteiger partial charge in [-0.3, -0.25) is 9.13 Å². The molecule has 1 aromatic heterocycles. The SMILES string of the molecule is COc1ccc(Cn2c(=O)n(C(C)(C)CO)c3ccc(C(F)(F)F)cc32)cc1OC. The minimum absolute atomic E-state index is 0.0194. The Balaban J connectivity index is 2.25. The Morgan fingerprint density at radius 1 is 0.967 bits per heavy atom. The number of methoxy groups -OCH3 is 2. The first-order valence-electron chi connectivity index (χ1n) is 9.18. The maximum absolute atomic E-state index is 13.3. The highest BCUT2D eigenvalue weighted by Gasteiger charge is 2.33. The van der Waals surface area contributed by atoms with Crippen LogP contribution in [0, 0.1) is 0 Å². The summed E-state index contributed by atoms with van der Waals surface area (Å²) < 4.78 is 53.0. The van der Waals surface area contributed by atoms with E-state index in [0.29, 0.717) is 22.6 Å². The van der Waals surface area contributed by atoms with Crippen molar-refractivity contribution < 1.29 is 27.8 Å². The number of aliphatic hydroxyl groups excluding tert-OH is 1. The molecule has 0 spiro atoms. The number of rotatable bonds is 6. The van der Waals surface area contributed by atoms with Gasteiger partial charge in [-0.15, -0.1) is 0 Å². The topological polar surface area (TPSA) is 65.6 Å². The van der Waals surface area contributed by atoms with E-state index in [0.717, 1.165) is 12.1 Å². The maximum Gasteiger partial charge on any atom is 0.416 e. The van der Waals surface area contributed by atoms with E-state index in [-0.39, 0.29) is 18.7 Å². The number of nitrogens with zero attached hydrogens (tertiary/aromatic N) is 2. The quantitative estimate of drug-likeness (QED) is 0.657. The standard InChI is InChI=1S/C21H23F3N2O4/c1-20(2,12-27)26-15-7-6-14(21(22,23)24)10-16(15)25(19(26)28)11-13-5-8-17(29-3)18(9-13)30-4/h5-10,27H,11-12H2,1-4H3. The Kier molecular flexibility index (Phi) is 5.60. The molecule has 0 saturated carbocycles. The van der Waals surface area contributed by atoms with Gasteiger partial charge in [0.25, 0.3) is 0 Å². The van der Waals surface area contributed by atoms with Crippen molar-refractivity contribution in [2.75, 3.05) is 20.8 Å². The van der Waals surface area contributed by atoms with Crippen LogP contribution in [0.15, 0.2) is 41.2 Å². The molecular weight excluding hydrogens is 401 g/mol. The number of hydrogen-bond donors (Lipinski definition) is 1. The Labute approximate surface area is 171 Å². The first-order valence-corrected chi connectivity index (χ1v) is 9.18. The van der Waals surface area contributed by atoms with Crippen LogP contribution < -0.4 is 15.2 Å². The lowest BCUT2D eigenvalue weighted by molar-refractivity contribution is -0.137. The number of imidazole rings is 1. The third-order valence-electron chi connectivity index (χ3n) is 5.04. The van der Waals surface area contributed by atoms with Crippen LogP contribution in [0.25, 0.3) is 11.0 Å². The number of alkyl halides is 3. The minimum atomic E-state index is -4.55. The van der Waals surface area contributed by atoms with Crippen molar-refractivity contribution in [2.45, 2.75) is 32.1 Å². The summed E-state index contributed by atoms with van der Waals surface area (Å²) in [4.78, 5) is 13.2. The van der Waals surface area contributed by atoms with Crippen LogP contribution in [-0.4, -0.2) is 35.1 Å². The third kappa shape index (κ3) is 3.77. The highest BCUT2D eigenvalue weighted by Crippen LogP contribution is 2.33. The Hall–Kier alpha value is -2.94. The van der Waals surface area contributed by atoms with Gasteiger partial charge in [0.05, 0.1) is 49.5 Å². The van der Waals surface area contributed by atoms with E-state index in [1.165, 1.54) is 29.4 Å². The van der Waals surface area contributed by atoms with Gasteiger partial charge >= 0.3 is 11.9 Å². The molecule has 3 aromatic rings. The van der Waals surface area contributed by atoms with E-state index in [1.807, 2.05) is 0 Å². The van der Waals surface area contributed by atoms with Gasteiger partial charge in [-0.25, -0.2) is 4.79 Å². The number of benzene rings is 2. The molecule has 0 aliphatic rings. The summed E-state index contributed by atoms with van der Waals surface area (Å²) in [6.07, 6.45) is -4.55. The van der Waals surface area contributed by atoms with Crippen LogP contribution >= 0.6 is 0 Å². The first-order chi connectivity index (χ1) is 14.0. The Morgan fingerprint density at radius 2 is 1.63 bits per heavy atom. The fraction of sp³-hybridized carbons (Fsp3) is 0.381. The first kappa shape index (κ1) is 21.8. The molecule has 0 radical (unpaired) electrons. The summed E-state index contributed by atoms with van der Waals surface area (Å²) in [7, 11) is 2.96. The van der Waals surface area contributed by atoms with Crippen LogP contribution in [0.2, 0.25) is 0 Å². The van der Waals surface area contributed by atoms with Gasteiger partial charge in [-0.2, -0.15) is 13.2 Å². The van der Waals surface area contributed by atoms with Gasteiger partial charge in [0, 0.05) is 0 Å². The van der Waals surface area contributed by atoms with E-state index in [2.05, 4.69) is 0 Å². The molecule has 3 rings (SSSR count). The van der Waals surface area contributed by atoms with Crippen molar-refractivity contribution in [3.63, 3.8) is 0 Å². The Morgan fingerprint density at radius 3 is 2.20 bits per heavy atom. The molecule has 1 N–H and O–H groups in total. The van der Waals surface area contributed by atoms with E-state index in [9.17, 15) is 23.1 Å². The lowest BCUT2D eigenvalue weighted by Crippen LogP contribution is -2.39. The van der Waals surface area contributed by atoms with Crippen LogP contribution in [0.3, 0.4) is 0 Å². The molecule has 0 fully saturated rings. The number of fused-ring (bicyclic) bond motifs is 1. The van der Waals surface area contributed by atoms with Gasteiger partial charge < -0.3 is 14.6 Å². The summed E-state index contributed by atoms with van der Waals surface area (Å²) in [5.74, 6) is 0.940. The van der Waals surface area contributed by atoms with Crippen molar-refractivity contribution in [2.24, 2.45) is 0 Å². The highest BCUT2D eigenvalue weighted by molar-refractivity contribution is 5.77. The Bertz CT molecular complexity index is 1130. The molecule has 2 aromatic carbocycles. The number of hydrogen-bond acceptors (Lipinski definition) is 4. The van der Waals surface area contributed by atoms with Crippen molar-refractivity contribution >= 4 is 11.0 Å². The van der Waals surface area contributed by atoms with E-state index < -0.39 is 23.0 Å². The summed E-state index contributed by atoms with van der Waals surface area (Å²) in [6.45, 7) is 2.95. The fourth-order valence-corrected chi connectivity index (χ4v) is 3.40. The highest BCUT2D eigenvalue weighted by atomic mass is 19.4. The summed E-state index contributed by atoms with van der Waals surface area (Å²) >= 11 is 0. The molecule has 0 aliphatic carbocycles. The van der Waals surface area contributed by atoms with Gasteiger partial charge in [0.15, 0.2) is 11.5 Å². The number of aromatic nitrogens is 2. The molecule has 0 atom stereocenters. The molecule has 0 unspecified atom stereocenters. The van der Waals surface area contributed by atoms with Gasteiger partial charge in [0.1, 0.15) is 0 Å². The van der Waals surface area contributed by atoms with E-state index in [4.69, 9.17) is 9.47 Å². The van der Waals surface area contributed by atoms with Crippen molar-refractivity contribution in [3.8, 4) is 11.5 Å². The predicted octanol–water partition coefficient (Wildman–Crippen LogP) is 3.61. The van der Waals surface area contributed by atoms with Gasteiger partial charge in [-0.05, 0) is 49.7 Å². The second kappa shape index (κ2) is 7.71. The largest absolute Gasteiger partial charge is 0.493 e. The molecular formula is C21H23F3N2O4. The van der Waals surface area contributed by atoms with Crippen molar-refractivity contribution in [3.05, 3.63) is 58.0 Å². The summed E-state index contributed by atoms with van der Waals surface area (Å²) in [6, 6.07) is 8.20. The molecule has 30 heavy (non-hydrogen) atoms. The zero-order valence-corrected chi connectivity index (χ0v) is 17.1. The molecule has 0 amide bonds. The minimum Gasteiger partial charge on any atom is -0.493 e. The zero-order chi connectivity index (χ0) is 22.3. The molecule has 162 valence electrons. The van der Waals surface area contributed by atoms with Gasteiger partial charge in [-0.1, -0.05) is 6.07 Å². The van der Waals surface area contributed by atoms with E-state index >= 15 is 0 Å². The molecule has 1 heterocycles. The third-order valence-corrected chi connectivity index (χ3v) is 5.04. The number of aliphatic hydroxyl groups is 1. The molecule has 0 bridgehead atoms. The normalized spacial score (nSPS) is 12.4. The molecule has 9 heteroatoms. The lowest BCUT2D eigenvalue weighted by Gasteiger charge is -2.23. The predicted molar refractivity (Wildman–Crippen MR) is 106 cm³/mol. The average Bonchev–Trinajstić information content (AvgIpc) is 2.98. The smallest absolute Gasteiger partial charge is 0.416 e. The molecule has 6 nitrogen and oxygen atoms in total. The monoisotopic (exact) mass is 424 g/mol. The number of halogens is 3. The van der Waals surface area contributed by atoms with Crippen molar-refractivity contribution in [1.82, 2.24) is 9.13 Å². The molecule has 0 saturated heterocycles. The summed E-state index contributed by atoms with van der Waals surface area (Å²) in [5, 5.41) is 9.76. The summed E-state index contributed by atoms with van der Waals surface area (Å²) in [5.41, 5.74) is -1.28. The van der Waals surface area contributed by atoms with Crippen molar-refractivity contribution in [1.29, 1.82) is 0 Å². The second-order valence-corrected chi connectivity index (χ2v) is 7.57. The van der Waals surface area contributed by atoms with Crippen LogP contribution in [0.5, 0.6) is 11.5 Å². The molecule has 0 aliphatic heterocycles. The second-order valence-electron chi connectivity index (χ2n) is 7.57. The average molecular weight is 424 g/mol. The van der Waals surface area contributed by atoms with Gasteiger partial charge in [0.2, 0.25) is 0 Å². The van der Waals surface area contributed by atoms with Crippen LogP contribution in [0.4, 0.5) is 13.2 Å².